The predicted molar refractivity (Wildman–Crippen MR) is 112 cm³/mol. The third-order valence-corrected chi connectivity index (χ3v) is 5.61. The zero-order valence-electron chi connectivity index (χ0n) is 16.3. The lowest BCUT2D eigenvalue weighted by Crippen LogP contribution is -2.29. The highest BCUT2D eigenvalue weighted by atomic mass is 35.5. The van der Waals surface area contributed by atoms with E-state index in [4.69, 9.17) is 21.1 Å². The molecule has 0 fully saturated rings. The van der Waals surface area contributed by atoms with E-state index in [1.807, 2.05) is 24.3 Å². The first kappa shape index (κ1) is 18.9. The number of benzene rings is 2. The number of aromatic nitrogens is 1. The molecule has 0 amide bonds. The van der Waals surface area contributed by atoms with Crippen LogP contribution in [0.15, 0.2) is 60.8 Å². The molecular formula is C23H25ClN2O2. The highest BCUT2D eigenvalue weighted by Gasteiger charge is 2.28. The number of nitrogens with zero attached hydrogens (tertiary/aromatic N) is 2. The molecule has 2 aromatic carbocycles. The summed E-state index contributed by atoms with van der Waals surface area (Å²) in [6.07, 6.45) is 3.26. The Kier molecular flexibility index (Phi) is 5.60. The van der Waals surface area contributed by atoms with E-state index >= 15 is 0 Å². The molecule has 146 valence electrons. The van der Waals surface area contributed by atoms with Gasteiger partial charge >= 0.3 is 0 Å². The Bertz CT molecular complexity index is 953. The Hall–Kier alpha value is -2.43. The van der Waals surface area contributed by atoms with Crippen LogP contribution in [-0.4, -0.2) is 30.2 Å². The van der Waals surface area contributed by atoms with E-state index in [0.29, 0.717) is 0 Å². The summed E-state index contributed by atoms with van der Waals surface area (Å²) >= 11 is 6.34. The molecule has 0 N–H and O–H groups in total. The average molecular weight is 397 g/mol. The van der Waals surface area contributed by atoms with Crippen LogP contribution in [0.4, 0.5) is 0 Å². The lowest BCUT2D eigenvalue weighted by molar-refractivity contribution is 0.217. The number of rotatable bonds is 5. The van der Waals surface area contributed by atoms with E-state index in [0.717, 1.165) is 48.1 Å². The Morgan fingerprint density at radius 3 is 2.68 bits per heavy atom. The van der Waals surface area contributed by atoms with Gasteiger partial charge in [0.15, 0.2) is 0 Å². The van der Waals surface area contributed by atoms with Crippen LogP contribution in [0, 0.1) is 0 Å². The normalized spacial score (nSPS) is 17.0. The summed E-state index contributed by atoms with van der Waals surface area (Å²) in [5.41, 5.74) is 3.62. The molecule has 0 saturated heterocycles. The minimum absolute atomic E-state index is 0.132. The summed E-state index contributed by atoms with van der Waals surface area (Å²) in [6.45, 7) is 2.77. The van der Waals surface area contributed by atoms with Gasteiger partial charge in [0, 0.05) is 42.1 Å². The van der Waals surface area contributed by atoms with E-state index in [1.165, 1.54) is 11.3 Å². The molecule has 28 heavy (non-hydrogen) atoms. The summed E-state index contributed by atoms with van der Waals surface area (Å²) in [4.78, 5) is 2.50. The van der Waals surface area contributed by atoms with E-state index in [1.54, 1.807) is 14.2 Å². The standard InChI is InChI=1S/C23H25ClN2O2/c1-27-20-9-10-22(28-2)18(15-20)16-26-13-5-12-25-11-4-8-21(25)23(26)17-6-3-7-19(24)14-17/h3-4,6-11,14-15,23H,5,12-13,16H2,1-2H3/t23-/m0/s1. The maximum atomic E-state index is 6.34. The lowest BCUT2D eigenvalue weighted by Gasteiger charge is -2.31. The van der Waals surface area contributed by atoms with Crippen LogP contribution in [0.3, 0.4) is 0 Å². The van der Waals surface area contributed by atoms with Gasteiger partial charge in [-0.1, -0.05) is 23.7 Å². The maximum absolute atomic E-state index is 6.34. The number of ether oxygens (including phenoxy) is 2. The molecule has 0 saturated carbocycles. The van der Waals surface area contributed by atoms with Crippen molar-refractivity contribution < 1.29 is 9.47 Å². The molecule has 0 aliphatic carbocycles. The van der Waals surface area contributed by atoms with Gasteiger partial charge in [0.1, 0.15) is 11.5 Å². The minimum Gasteiger partial charge on any atom is -0.497 e. The van der Waals surface area contributed by atoms with E-state index in [-0.39, 0.29) is 6.04 Å². The van der Waals surface area contributed by atoms with Gasteiger partial charge in [-0.25, -0.2) is 0 Å². The van der Waals surface area contributed by atoms with Crippen molar-refractivity contribution in [2.75, 3.05) is 20.8 Å². The Morgan fingerprint density at radius 1 is 1.00 bits per heavy atom. The Balaban J connectivity index is 1.76. The number of aryl methyl sites for hydroxylation is 1. The molecule has 0 unspecified atom stereocenters. The minimum atomic E-state index is 0.132. The second kappa shape index (κ2) is 8.29. The van der Waals surface area contributed by atoms with Crippen molar-refractivity contribution in [1.29, 1.82) is 0 Å². The van der Waals surface area contributed by atoms with Gasteiger partial charge in [-0.15, -0.1) is 0 Å². The van der Waals surface area contributed by atoms with Crippen molar-refractivity contribution in [1.82, 2.24) is 9.47 Å². The summed E-state index contributed by atoms with van der Waals surface area (Å²) in [6, 6.07) is 18.6. The topological polar surface area (TPSA) is 26.6 Å². The zero-order valence-corrected chi connectivity index (χ0v) is 17.0. The second-order valence-corrected chi connectivity index (χ2v) is 7.52. The van der Waals surface area contributed by atoms with Crippen molar-refractivity contribution in [3.63, 3.8) is 0 Å². The van der Waals surface area contributed by atoms with Crippen molar-refractivity contribution in [3.05, 3.63) is 82.6 Å². The molecule has 0 radical (unpaired) electrons. The quantitative estimate of drug-likeness (QED) is 0.596. The van der Waals surface area contributed by atoms with Crippen molar-refractivity contribution in [3.8, 4) is 11.5 Å². The molecule has 1 aliphatic heterocycles. The smallest absolute Gasteiger partial charge is 0.123 e. The molecule has 4 rings (SSSR count). The number of methoxy groups -OCH3 is 2. The Labute approximate surface area is 171 Å². The van der Waals surface area contributed by atoms with Gasteiger partial charge in [-0.3, -0.25) is 4.90 Å². The molecule has 2 heterocycles. The van der Waals surface area contributed by atoms with Crippen LogP contribution in [0.5, 0.6) is 11.5 Å². The van der Waals surface area contributed by atoms with E-state index in [9.17, 15) is 0 Å². The number of halogens is 1. The zero-order chi connectivity index (χ0) is 19.5. The van der Waals surface area contributed by atoms with Gasteiger partial charge in [0.2, 0.25) is 0 Å². The van der Waals surface area contributed by atoms with Crippen LogP contribution in [-0.2, 0) is 13.1 Å². The molecule has 4 nitrogen and oxygen atoms in total. The van der Waals surface area contributed by atoms with E-state index < -0.39 is 0 Å². The van der Waals surface area contributed by atoms with Gasteiger partial charge in [0.05, 0.1) is 20.3 Å². The largest absolute Gasteiger partial charge is 0.497 e. The van der Waals surface area contributed by atoms with E-state index in [2.05, 4.69) is 46.0 Å². The molecule has 1 atom stereocenters. The third kappa shape index (κ3) is 3.75. The van der Waals surface area contributed by atoms with Crippen LogP contribution < -0.4 is 9.47 Å². The van der Waals surface area contributed by atoms with Crippen molar-refractivity contribution in [2.24, 2.45) is 0 Å². The van der Waals surface area contributed by atoms with Crippen LogP contribution in [0.2, 0.25) is 5.02 Å². The highest BCUT2D eigenvalue weighted by molar-refractivity contribution is 6.30. The van der Waals surface area contributed by atoms with Gasteiger partial charge in [-0.05, 0) is 54.4 Å². The number of hydrogen-bond acceptors (Lipinski definition) is 3. The molecule has 0 bridgehead atoms. The molecule has 0 spiro atoms. The third-order valence-electron chi connectivity index (χ3n) is 5.38. The maximum Gasteiger partial charge on any atom is 0.123 e. The molecule has 3 aromatic rings. The van der Waals surface area contributed by atoms with Gasteiger partial charge < -0.3 is 14.0 Å². The average Bonchev–Trinajstić information content (AvgIpc) is 3.09. The van der Waals surface area contributed by atoms with Crippen LogP contribution in [0.25, 0.3) is 0 Å². The fourth-order valence-electron chi connectivity index (χ4n) is 4.09. The number of fused-ring (bicyclic) bond motifs is 1. The first-order valence-electron chi connectivity index (χ1n) is 9.55. The fraction of sp³-hybridized carbons (Fsp3) is 0.304. The van der Waals surface area contributed by atoms with Crippen molar-refractivity contribution in [2.45, 2.75) is 25.6 Å². The highest BCUT2D eigenvalue weighted by Crippen LogP contribution is 2.35. The van der Waals surface area contributed by atoms with Gasteiger partial charge in [-0.2, -0.15) is 0 Å². The summed E-state index contributed by atoms with van der Waals surface area (Å²) in [5, 5.41) is 0.763. The second-order valence-electron chi connectivity index (χ2n) is 7.09. The molecular weight excluding hydrogens is 372 g/mol. The van der Waals surface area contributed by atoms with Gasteiger partial charge in [0.25, 0.3) is 0 Å². The summed E-state index contributed by atoms with van der Waals surface area (Å²) in [5.74, 6) is 1.72. The first-order chi connectivity index (χ1) is 13.7. The van der Waals surface area contributed by atoms with Crippen LogP contribution in [0.1, 0.15) is 29.3 Å². The predicted octanol–water partition coefficient (Wildman–Crippen LogP) is 5.15. The van der Waals surface area contributed by atoms with Crippen LogP contribution >= 0.6 is 11.6 Å². The number of hydrogen-bond donors (Lipinski definition) is 0. The molecule has 1 aromatic heterocycles. The SMILES string of the molecule is COc1ccc(OC)c(CN2CCCn3cccc3[C@@H]2c2cccc(Cl)c2)c1. The monoisotopic (exact) mass is 396 g/mol. The molecule has 1 aliphatic rings. The Morgan fingerprint density at radius 2 is 1.89 bits per heavy atom. The lowest BCUT2D eigenvalue weighted by atomic mass is 10.0. The first-order valence-corrected chi connectivity index (χ1v) is 9.93. The van der Waals surface area contributed by atoms with Crippen molar-refractivity contribution >= 4 is 11.6 Å². The molecule has 5 heteroatoms. The fourth-order valence-corrected chi connectivity index (χ4v) is 4.29. The summed E-state index contributed by atoms with van der Waals surface area (Å²) < 4.78 is 13.4. The summed E-state index contributed by atoms with van der Waals surface area (Å²) in [7, 11) is 3.41.